The molecule has 1 aliphatic rings. The van der Waals surface area contributed by atoms with Crippen LogP contribution in [-0.2, 0) is 12.8 Å². The van der Waals surface area contributed by atoms with E-state index in [0.717, 1.165) is 52.5 Å². The fourth-order valence-corrected chi connectivity index (χ4v) is 6.25. The molecule has 1 atom stereocenters. The van der Waals surface area contributed by atoms with Crippen LogP contribution in [0.25, 0.3) is 15.9 Å². The predicted octanol–water partition coefficient (Wildman–Crippen LogP) is 6.10. The van der Waals surface area contributed by atoms with Gasteiger partial charge >= 0.3 is 0 Å². The largest absolute Gasteiger partial charge is 0.268 e. The van der Waals surface area contributed by atoms with E-state index < -0.39 is 0 Å². The van der Waals surface area contributed by atoms with Gasteiger partial charge in [0.25, 0.3) is 5.56 Å². The molecule has 0 fully saturated rings. The zero-order valence-corrected chi connectivity index (χ0v) is 18.8. The highest BCUT2D eigenvalue weighted by molar-refractivity contribution is 7.99. The molecule has 0 unspecified atom stereocenters. The lowest BCUT2D eigenvalue weighted by Crippen LogP contribution is -2.27. The normalized spacial score (nSPS) is 17.1. The summed E-state index contributed by atoms with van der Waals surface area (Å²) in [5.74, 6) is 1.63. The third-order valence-corrected chi connectivity index (χ3v) is 8.02. The van der Waals surface area contributed by atoms with E-state index in [4.69, 9.17) is 4.98 Å². The molecule has 4 rings (SSSR count). The van der Waals surface area contributed by atoms with E-state index in [1.165, 1.54) is 10.4 Å². The lowest BCUT2D eigenvalue weighted by atomic mass is 9.72. The highest BCUT2D eigenvalue weighted by Gasteiger charge is 2.32. The Morgan fingerprint density at radius 3 is 2.68 bits per heavy atom. The van der Waals surface area contributed by atoms with Crippen LogP contribution in [0.3, 0.4) is 0 Å². The number of thiophene rings is 1. The average molecular weight is 413 g/mol. The maximum absolute atomic E-state index is 13.6. The highest BCUT2D eigenvalue weighted by atomic mass is 32.2. The van der Waals surface area contributed by atoms with Crippen LogP contribution in [0.1, 0.15) is 51.0 Å². The van der Waals surface area contributed by atoms with Crippen LogP contribution in [0.4, 0.5) is 0 Å². The van der Waals surface area contributed by atoms with Gasteiger partial charge < -0.3 is 0 Å². The van der Waals surface area contributed by atoms with Crippen molar-refractivity contribution in [2.24, 2.45) is 11.3 Å². The molecule has 0 bridgehead atoms. The van der Waals surface area contributed by atoms with Crippen LogP contribution in [0.2, 0.25) is 0 Å². The Balaban J connectivity index is 1.90. The number of aromatic nitrogens is 2. The second-order valence-corrected chi connectivity index (χ2v) is 10.9. The second-order valence-electron chi connectivity index (χ2n) is 8.71. The molecule has 0 saturated heterocycles. The molecule has 148 valence electrons. The standard InChI is InChI=1S/C23H28N2OS2/c1-5-13-27-22-24-20-19(21(26)25(22)16-9-7-6-8-10-16)17-12-11-15(23(2,3)4)14-18(17)28-20/h6-10,15H,5,11-14H2,1-4H3/t15-/m1/s1. The molecule has 2 aromatic heterocycles. The van der Waals surface area contributed by atoms with Gasteiger partial charge in [-0.05, 0) is 54.7 Å². The number of rotatable bonds is 4. The SMILES string of the molecule is CCCSc1nc2sc3c(c2c(=O)n1-c1ccccc1)CC[C@@H](C(C)(C)C)C3. The molecule has 0 amide bonds. The van der Waals surface area contributed by atoms with Crippen LogP contribution >= 0.6 is 23.1 Å². The zero-order chi connectivity index (χ0) is 19.9. The smallest absolute Gasteiger partial charge is 0.267 e. The molecular formula is C23H28N2OS2. The molecule has 0 spiro atoms. The van der Waals surface area contributed by atoms with Crippen molar-refractivity contribution in [3.63, 3.8) is 0 Å². The number of thioether (sulfide) groups is 1. The van der Waals surface area contributed by atoms with Crippen LogP contribution in [0.15, 0.2) is 40.3 Å². The Morgan fingerprint density at radius 2 is 2.00 bits per heavy atom. The van der Waals surface area contributed by atoms with Gasteiger partial charge in [-0.1, -0.05) is 57.7 Å². The van der Waals surface area contributed by atoms with Gasteiger partial charge in [0.2, 0.25) is 0 Å². The minimum Gasteiger partial charge on any atom is -0.268 e. The molecule has 28 heavy (non-hydrogen) atoms. The summed E-state index contributed by atoms with van der Waals surface area (Å²) >= 11 is 3.43. The Hall–Kier alpha value is -1.59. The van der Waals surface area contributed by atoms with Crippen molar-refractivity contribution >= 4 is 33.3 Å². The number of benzene rings is 1. The molecule has 0 N–H and O–H groups in total. The first-order chi connectivity index (χ1) is 13.4. The molecule has 0 saturated carbocycles. The number of aryl methyl sites for hydroxylation is 1. The molecule has 3 nitrogen and oxygen atoms in total. The Bertz CT molecular complexity index is 1040. The predicted molar refractivity (Wildman–Crippen MR) is 121 cm³/mol. The first-order valence-electron chi connectivity index (χ1n) is 10.2. The van der Waals surface area contributed by atoms with Crippen LogP contribution in [0.5, 0.6) is 0 Å². The molecular weight excluding hydrogens is 384 g/mol. The van der Waals surface area contributed by atoms with Crippen molar-refractivity contribution in [3.8, 4) is 5.69 Å². The minimum absolute atomic E-state index is 0.0986. The molecule has 1 aromatic carbocycles. The quantitative estimate of drug-likeness (QED) is 0.383. The highest BCUT2D eigenvalue weighted by Crippen LogP contribution is 2.42. The van der Waals surface area contributed by atoms with E-state index in [2.05, 4.69) is 27.7 Å². The molecule has 1 aliphatic carbocycles. The lowest BCUT2D eigenvalue weighted by molar-refractivity contribution is 0.218. The summed E-state index contributed by atoms with van der Waals surface area (Å²) in [6, 6.07) is 9.95. The van der Waals surface area contributed by atoms with Crippen molar-refractivity contribution in [3.05, 3.63) is 51.1 Å². The van der Waals surface area contributed by atoms with E-state index in [1.54, 1.807) is 23.1 Å². The van der Waals surface area contributed by atoms with E-state index in [-0.39, 0.29) is 5.56 Å². The van der Waals surface area contributed by atoms with E-state index >= 15 is 0 Å². The van der Waals surface area contributed by atoms with Gasteiger partial charge in [0.05, 0.1) is 11.1 Å². The second kappa shape index (κ2) is 7.68. The molecule has 3 aromatic rings. The van der Waals surface area contributed by atoms with Crippen molar-refractivity contribution < 1.29 is 0 Å². The molecule has 0 radical (unpaired) electrons. The van der Waals surface area contributed by atoms with Gasteiger partial charge in [-0.2, -0.15) is 0 Å². The summed E-state index contributed by atoms with van der Waals surface area (Å²) in [6.07, 6.45) is 4.27. The lowest BCUT2D eigenvalue weighted by Gasteiger charge is -2.33. The van der Waals surface area contributed by atoms with Gasteiger partial charge in [-0.15, -0.1) is 11.3 Å². The topological polar surface area (TPSA) is 34.9 Å². The minimum atomic E-state index is 0.0986. The van der Waals surface area contributed by atoms with E-state index in [0.29, 0.717) is 11.3 Å². The summed E-state index contributed by atoms with van der Waals surface area (Å²) in [7, 11) is 0. The van der Waals surface area contributed by atoms with Gasteiger partial charge in [0, 0.05) is 10.6 Å². The van der Waals surface area contributed by atoms with Crippen molar-refractivity contribution in [1.29, 1.82) is 0 Å². The Labute approximate surface area is 175 Å². The van der Waals surface area contributed by atoms with Gasteiger partial charge in [0.1, 0.15) is 4.83 Å². The van der Waals surface area contributed by atoms with Crippen molar-refractivity contribution in [1.82, 2.24) is 9.55 Å². The van der Waals surface area contributed by atoms with E-state index in [1.807, 2.05) is 34.9 Å². The fraction of sp³-hybridized carbons (Fsp3) is 0.478. The summed E-state index contributed by atoms with van der Waals surface area (Å²) < 4.78 is 1.82. The van der Waals surface area contributed by atoms with E-state index in [9.17, 15) is 4.79 Å². The molecule has 0 aliphatic heterocycles. The van der Waals surface area contributed by atoms with Gasteiger partial charge in [-0.25, -0.2) is 4.98 Å². The fourth-order valence-electron chi connectivity index (χ4n) is 4.04. The first-order valence-corrected chi connectivity index (χ1v) is 12.0. The summed E-state index contributed by atoms with van der Waals surface area (Å²) in [4.78, 5) is 20.9. The molecule has 5 heteroatoms. The van der Waals surface area contributed by atoms with Crippen molar-refractivity contribution in [2.45, 2.75) is 58.5 Å². The number of para-hydroxylation sites is 1. The third kappa shape index (κ3) is 3.55. The summed E-state index contributed by atoms with van der Waals surface area (Å²) in [5, 5.41) is 1.67. The third-order valence-electron chi connectivity index (χ3n) is 5.73. The summed E-state index contributed by atoms with van der Waals surface area (Å²) in [6.45, 7) is 9.15. The number of hydrogen-bond donors (Lipinski definition) is 0. The zero-order valence-electron chi connectivity index (χ0n) is 17.1. The van der Waals surface area contributed by atoms with Crippen molar-refractivity contribution in [2.75, 3.05) is 5.75 Å². The van der Waals surface area contributed by atoms with Crippen LogP contribution < -0.4 is 5.56 Å². The first kappa shape index (κ1) is 19.7. The summed E-state index contributed by atoms with van der Waals surface area (Å²) in [5.41, 5.74) is 2.56. The Morgan fingerprint density at radius 1 is 1.25 bits per heavy atom. The Kier molecular flexibility index (Phi) is 5.41. The van der Waals surface area contributed by atoms with Gasteiger partial charge in [0.15, 0.2) is 5.16 Å². The average Bonchev–Trinajstić information content (AvgIpc) is 3.04. The van der Waals surface area contributed by atoms with Crippen LogP contribution in [-0.4, -0.2) is 15.3 Å². The number of fused-ring (bicyclic) bond motifs is 3. The monoisotopic (exact) mass is 412 g/mol. The number of nitrogens with zero attached hydrogens (tertiary/aromatic N) is 2. The number of hydrogen-bond acceptors (Lipinski definition) is 4. The maximum atomic E-state index is 13.6. The van der Waals surface area contributed by atoms with Gasteiger partial charge in [-0.3, -0.25) is 9.36 Å². The molecule has 2 heterocycles. The maximum Gasteiger partial charge on any atom is 0.267 e. The van der Waals surface area contributed by atoms with Crippen LogP contribution in [0, 0.1) is 11.3 Å².